The van der Waals surface area contributed by atoms with Crippen molar-refractivity contribution in [3.05, 3.63) is 58.6 Å². The normalized spacial score (nSPS) is 19.4. The zero-order valence-corrected chi connectivity index (χ0v) is 16.0. The third-order valence-corrected chi connectivity index (χ3v) is 4.99. The summed E-state index contributed by atoms with van der Waals surface area (Å²) in [5.74, 6) is -0.580. The van der Waals surface area contributed by atoms with E-state index in [0.29, 0.717) is 24.3 Å². The Balaban J connectivity index is 1.61. The molecule has 0 aromatic heterocycles. The molecular formula is C20H20ClF2NO4. The molecule has 0 radical (unpaired) electrons. The van der Waals surface area contributed by atoms with E-state index in [9.17, 15) is 18.7 Å². The second-order valence-corrected chi connectivity index (χ2v) is 6.97. The third kappa shape index (κ3) is 4.72. The Morgan fingerprint density at radius 2 is 1.93 bits per heavy atom. The molecule has 0 unspecified atom stereocenters. The molecule has 1 N–H and O–H groups in total. The number of halogens is 3. The average molecular weight is 412 g/mol. The van der Waals surface area contributed by atoms with Crippen molar-refractivity contribution in [1.82, 2.24) is 4.90 Å². The minimum atomic E-state index is -0.920. The molecule has 1 fully saturated rings. The molecule has 1 heterocycles. The van der Waals surface area contributed by atoms with Crippen LogP contribution in [-0.4, -0.2) is 48.3 Å². The second kappa shape index (κ2) is 8.75. The first kappa shape index (κ1) is 20.4. The number of carbonyl (C=O) groups excluding carboxylic acids is 1. The Hall–Kier alpha value is -2.38. The zero-order valence-electron chi connectivity index (χ0n) is 15.2. The van der Waals surface area contributed by atoms with Gasteiger partial charge < -0.3 is 19.5 Å². The molecule has 5 nitrogen and oxygen atoms in total. The van der Waals surface area contributed by atoms with E-state index in [1.807, 2.05) is 0 Å². The Morgan fingerprint density at radius 1 is 1.21 bits per heavy atom. The average Bonchev–Trinajstić information content (AvgIpc) is 2.66. The molecule has 0 aliphatic carbocycles. The summed E-state index contributed by atoms with van der Waals surface area (Å²) in [5, 5.41) is 10.6. The molecule has 8 heteroatoms. The topological polar surface area (TPSA) is 59.0 Å². The van der Waals surface area contributed by atoms with Crippen molar-refractivity contribution in [3.8, 4) is 11.5 Å². The standard InChI is InChI=1S/C20H20ClF2NO4/c1-27-19-10-14(23)4-5-18(19)28-17-6-7-24(11-16(17)25)20(26)8-12-2-3-13(22)9-15(12)21/h2-5,9-10,16-17,25H,6-8,11H2,1H3/t16-,17-/m1/s1. The van der Waals surface area contributed by atoms with Gasteiger partial charge in [0.25, 0.3) is 0 Å². The molecule has 28 heavy (non-hydrogen) atoms. The fourth-order valence-corrected chi connectivity index (χ4v) is 3.35. The van der Waals surface area contributed by atoms with Gasteiger partial charge in [0.1, 0.15) is 23.8 Å². The van der Waals surface area contributed by atoms with E-state index in [0.717, 1.165) is 6.07 Å². The number of aliphatic hydroxyl groups excluding tert-OH is 1. The SMILES string of the molecule is COc1cc(F)ccc1O[C@@H]1CCN(C(=O)Cc2ccc(F)cc2Cl)C[C@H]1O. The van der Waals surface area contributed by atoms with E-state index in [2.05, 4.69) is 0 Å². The van der Waals surface area contributed by atoms with Crippen LogP contribution in [-0.2, 0) is 11.2 Å². The number of carbonyl (C=O) groups is 1. The Morgan fingerprint density at radius 3 is 2.61 bits per heavy atom. The predicted octanol–water partition coefficient (Wildman–Crippen LogP) is 3.21. The summed E-state index contributed by atoms with van der Waals surface area (Å²) in [4.78, 5) is 14.0. The van der Waals surface area contributed by atoms with Gasteiger partial charge in [0, 0.05) is 24.1 Å². The van der Waals surface area contributed by atoms with Crippen molar-refractivity contribution in [2.75, 3.05) is 20.2 Å². The van der Waals surface area contributed by atoms with Crippen LogP contribution in [0.5, 0.6) is 11.5 Å². The van der Waals surface area contributed by atoms with Crippen LogP contribution >= 0.6 is 11.6 Å². The lowest BCUT2D eigenvalue weighted by molar-refractivity contribution is -0.136. The van der Waals surface area contributed by atoms with Crippen LogP contribution in [0.3, 0.4) is 0 Å². The Kier molecular flexibility index (Phi) is 6.36. The number of β-amino-alcohol motifs (C(OH)–C–C–N with tert-alkyl or cyclic N) is 1. The summed E-state index contributed by atoms with van der Waals surface area (Å²) in [6.45, 7) is 0.467. The van der Waals surface area contributed by atoms with Crippen LogP contribution in [0.1, 0.15) is 12.0 Å². The van der Waals surface area contributed by atoms with Crippen molar-refractivity contribution in [2.45, 2.75) is 25.0 Å². The molecule has 2 atom stereocenters. The zero-order chi connectivity index (χ0) is 20.3. The molecule has 3 rings (SSSR count). The van der Waals surface area contributed by atoms with Gasteiger partial charge in [0.15, 0.2) is 11.5 Å². The van der Waals surface area contributed by atoms with Crippen LogP contribution < -0.4 is 9.47 Å². The molecule has 150 valence electrons. The number of amides is 1. The maximum absolute atomic E-state index is 13.3. The van der Waals surface area contributed by atoms with E-state index >= 15 is 0 Å². The van der Waals surface area contributed by atoms with Crippen molar-refractivity contribution in [2.24, 2.45) is 0 Å². The summed E-state index contributed by atoms with van der Waals surface area (Å²) in [6.07, 6.45) is -1.07. The molecular weight excluding hydrogens is 392 g/mol. The highest BCUT2D eigenvalue weighted by Crippen LogP contribution is 2.30. The van der Waals surface area contributed by atoms with Crippen LogP contribution in [0.4, 0.5) is 8.78 Å². The van der Waals surface area contributed by atoms with E-state index in [1.165, 1.54) is 42.3 Å². The first-order valence-corrected chi connectivity index (χ1v) is 9.15. The first-order chi connectivity index (χ1) is 13.4. The predicted molar refractivity (Wildman–Crippen MR) is 99.7 cm³/mol. The lowest BCUT2D eigenvalue weighted by atomic mass is 10.0. The van der Waals surface area contributed by atoms with E-state index < -0.39 is 23.8 Å². The molecule has 2 aromatic rings. The van der Waals surface area contributed by atoms with Gasteiger partial charge in [0.05, 0.1) is 20.1 Å². The molecule has 1 amide bonds. The molecule has 2 aromatic carbocycles. The van der Waals surface area contributed by atoms with Crippen LogP contribution in [0.15, 0.2) is 36.4 Å². The van der Waals surface area contributed by atoms with Crippen molar-refractivity contribution in [1.29, 1.82) is 0 Å². The van der Waals surface area contributed by atoms with Crippen molar-refractivity contribution >= 4 is 17.5 Å². The van der Waals surface area contributed by atoms with Gasteiger partial charge in [-0.05, 0) is 29.8 Å². The number of aliphatic hydroxyl groups is 1. The lowest BCUT2D eigenvalue weighted by Crippen LogP contribution is -2.51. The molecule has 0 saturated carbocycles. The highest BCUT2D eigenvalue weighted by atomic mass is 35.5. The number of methoxy groups -OCH3 is 1. The molecule has 0 spiro atoms. The van der Waals surface area contributed by atoms with Crippen LogP contribution in [0.2, 0.25) is 5.02 Å². The number of benzene rings is 2. The smallest absolute Gasteiger partial charge is 0.227 e. The van der Waals surface area contributed by atoms with Gasteiger partial charge in [-0.15, -0.1) is 0 Å². The quantitative estimate of drug-likeness (QED) is 0.820. The monoisotopic (exact) mass is 411 g/mol. The fraction of sp³-hybridized carbons (Fsp3) is 0.350. The number of likely N-dealkylation sites (tertiary alicyclic amines) is 1. The summed E-state index contributed by atoms with van der Waals surface area (Å²) in [5.41, 5.74) is 0.525. The van der Waals surface area contributed by atoms with E-state index in [-0.39, 0.29) is 29.6 Å². The second-order valence-electron chi connectivity index (χ2n) is 6.56. The number of hydrogen-bond acceptors (Lipinski definition) is 4. The molecule has 0 bridgehead atoms. The summed E-state index contributed by atoms with van der Waals surface area (Å²) in [7, 11) is 1.40. The molecule has 1 aliphatic heterocycles. The fourth-order valence-electron chi connectivity index (χ4n) is 3.12. The molecule has 1 aliphatic rings. The number of rotatable bonds is 5. The summed E-state index contributed by atoms with van der Waals surface area (Å²) < 4.78 is 37.3. The maximum atomic E-state index is 13.3. The third-order valence-electron chi connectivity index (χ3n) is 4.63. The van der Waals surface area contributed by atoms with Gasteiger partial charge >= 0.3 is 0 Å². The first-order valence-electron chi connectivity index (χ1n) is 8.77. The lowest BCUT2D eigenvalue weighted by Gasteiger charge is -2.36. The van der Waals surface area contributed by atoms with Crippen molar-refractivity contribution < 1.29 is 28.2 Å². The van der Waals surface area contributed by atoms with Gasteiger partial charge in [-0.3, -0.25) is 4.79 Å². The Bertz CT molecular complexity index is 864. The van der Waals surface area contributed by atoms with E-state index in [1.54, 1.807) is 0 Å². The van der Waals surface area contributed by atoms with Gasteiger partial charge in [-0.25, -0.2) is 8.78 Å². The number of hydrogen-bond donors (Lipinski definition) is 1. The number of ether oxygens (including phenoxy) is 2. The van der Waals surface area contributed by atoms with Gasteiger partial charge in [-0.1, -0.05) is 17.7 Å². The van der Waals surface area contributed by atoms with Crippen LogP contribution in [0.25, 0.3) is 0 Å². The highest BCUT2D eigenvalue weighted by Gasteiger charge is 2.32. The maximum Gasteiger partial charge on any atom is 0.227 e. The number of nitrogens with zero attached hydrogens (tertiary/aromatic N) is 1. The van der Waals surface area contributed by atoms with Gasteiger partial charge in [-0.2, -0.15) is 0 Å². The van der Waals surface area contributed by atoms with Crippen molar-refractivity contribution in [3.63, 3.8) is 0 Å². The summed E-state index contributed by atoms with van der Waals surface area (Å²) >= 11 is 5.98. The Labute approximate surface area is 166 Å². The minimum Gasteiger partial charge on any atom is -0.493 e. The van der Waals surface area contributed by atoms with E-state index in [4.69, 9.17) is 21.1 Å². The van der Waals surface area contributed by atoms with Crippen LogP contribution in [0, 0.1) is 11.6 Å². The molecule has 1 saturated heterocycles. The highest BCUT2D eigenvalue weighted by molar-refractivity contribution is 6.31. The van der Waals surface area contributed by atoms with Gasteiger partial charge in [0.2, 0.25) is 5.91 Å². The minimum absolute atomic E-state index is 0.0170. The summed E-state index contributed by atoms with van der Waals surface area (Å²) in [6, 6.07) is 7.77. The largest absolute Gasteiger partial charge is 0.493 e. The number of piperidine rings is 1.